The molecule has 0 fully saturated rings. The predicted molar refractivity (Wildman–Crippen MR) is 138 cm³/mol. The maximum absolute atomic E-state index is 13.6. The Balaban J connectivity index is 1.69. The molecular weight excluding hydrogens is 456 g/mol. The van der Waals surface area contributed by atoms with Crippen LogP contribution in [0, 0.1) is 0 Å². The van der Waals surface area contributed by atoms with Crippen molar-refractivity contribution in [3.8, 4) is 33.1 Å². The minimum Gasteiger partial charge on any atom is -0.423 e. The Hall–Kier alpha value is -4.48. The van der Waals surface area contributed by atoms with E-state index in [0.717, 1.165) is 16.0 Å². The number of rotatable bonds is 6. The number of para-hydroxylation sites is 2. The van der Waals surface area contributed by atoms with Gasteiger partial charge in [-0.05, 0) is 35.4 Å². The number of benzene rings is 4. The average molecular weight is 477 g/mol. The van der Waals surface area contributed by atoms with Crippen LogP contribution in [0.2, 0.25) is 0 Å². The monoisotopic (exact) mass is 476 g/mol. The summed E-state index contributed by atoms with van der Waals surface area (Å²) in [6.45, 7) is 0. The second kappa shape index (κ2) is 10.2. The van der Waals surface area contributed by atoms with Crippen molar-refractivity contribution < 1.29 is 19.1 Å². The molecule has 4 aromatic carbocycles. The minimum absolute atomic E-state index is 0.185. The van der Waals surface area contributed by atoms with Gasteiger partial charge in [0.05, 0.1) is 5.56 Å². The number of hydrogen-bond donors (Lipinski definition) is 0. The molecule has 4 nitrogen and oxygen atoms in total. The zero-order valence-corrected chi connectivity index (χ0v) is 19.4. The van der Waals surface area contributed by atoms with E-state index in [9.17, 15) is 9.59 Å². The summed E-state index contributed by atoms with van der Waals surface area (Å²) in [7, 11) is 0. The first-order chi connectivity index (χ1) is 17.2. The Kier molecular flexibility index (Phi) is 6.50. The topological polar surface area (TPSA) is 52.6 Å². The van der Waals surface area contributed by atoms with E-state index in [1.54, 1.807) is 48.5 Å². The SMILES string of the molecule is O=C(Oc1ccccc1)c1sc(-c2ccccc2)c(-c2ccccc2)c1C(=O)Oc1ccccc1. The molecule has 0 atom stereocenters. The van der Waals surface area contributed by atoms with E-state index in [2.05, 4.69) is 0 Å². The lowest BCUT2D eigenvalue weighted by atomic mass is 9.97. The summed E-state index contributed by atoms with van der Waals surface area (Å²) in [5, 5.41) is 0. The molecule has 0 N–H and O–H groups in total. The molecule has 0 aliphatic carbocycles. The van der Waals surface area contributed by atoms with Gasteiger partial charge < -0.3 is 9.47 Å². The largest absolute Gasteiger partial charge is 0.423 e. The molecule has 5 aromatic rings. The fourth-order valence-corrected chi connectivity index (χ4v) is 4.92. The van der Waals surface area contributed by atoms with Gasteiger partial charge in [0.2, 0.25) is 0 Å². The van der Waals surface area contributed by atoms with Crippen LogP contribution in [-0.4, -0.2) is 11.9 Å². The van der Waals surface area contributed by atoms with Crippen molar-refractivity contribution in [3.05, 3.63) is 132 Å². The van der Waals surface area contributed by atoms with Crippen molar-refractivity contribution in [1.29, 1.82) is 0 Å². The molecular formula is C30H20O4S. The fourth-order valence-electron chi connectivity index (χ4n) is 3.73. The fraction of sp³-hybridized carbons (Fsp3) is 0. The van der Waals surface area contributed by atoms with Gasteiger partial charge in [0.1, 0.15) is 16.4 Å². The molecule has 5 rings (SSSR count). The highest BCUT2D eigenvalue weighted by molar-refractivity contribution is 7.18. The molecule has 1 heterocycles. The van der Waals surface area contributed by atoms with Gasteiger partial charge in [0.25, 0.3) is 0 Å². The van der Waals surface area contributed by atoms with E-state index in [0.29, 0.717) is 17.1 Å². The Morgan fingerprint density at radius 1 is 0.514 bits per heavy atom. The zero-order valence-electron chi connectivity index (χ0n) is 18.6. The first-order valence-electron chi connectivity index (χ1n) is 11.0. The Morgan fingerprint density at radius 2 is 0.943 bits per heavy atom. The number of esters is 2. The number of thiophene rings is 1. The molecule has 170 valence electrons. The number of ether oxygens (including phenoxy) is 2. The molecule has 1 aromatic heterocycles. The Bertz CT molecular complexity index is 1440. The third-order valence-corrected chi connectivity index (χ3v) is 6.52. The van der Waals surface area contributed by atoms with Crippen molar-refractivity contribution >= 4 is 23.3 Å². The van der Waals surface area contributed by atoms with Crippen LogP contribution in [0.15, 0.2) is 121 Å². The predicted octanol–water partition coefficient (Wildman–Crippen LogP) is 7.52. The van der Waals surface area contributed by atoms with Gasteiger partial charge in [-0.25, -0.2) is 9.59 Å². The summed E-state index contributed by atoms with van der Waals surface area (Å²) >= 11 is 1.22. The lowest BCUT2D eigenvalue weighted by Gasteiger charge is -2.10. The lowest BCUT2D eigenvalue weighted by molar-refractivity contribution is 0.0697. The standard InChI is InChI=1S/C30H20O4S/c31-29(33-23-17-9-3-10-18-23)26-25(21-13-5-1-6-14-21)27(22-15-7-2-8-16-22)35-28(26)30(32)34-24-19-11-4-12-20-24/h1-20H. The number of hydrogen-bond acceptors (Lipinski definition) is 5. The van der Waals surface area contributed by atoms with Crippen LogP contribution < -0.4 is 9.47 Å². The molecule has 5 heteroatoms. The van der Waals surface area contributed by atoms with Crippen LogP contribution in [0.4, 0.5) is 0 Å². The maximum atomic E-state index is 13.6. The van der Waals surface area contributed by atoms with Gasteiger partial charge in [-0.1, -0.05) is 97.1 Å². The molecule has 0 saturated heterocycles. The average Bonchev–Trinajstić information content (AvgIpc) is 3.32. The van der Waals surface area contributed by atoms with Gasteiger partial charge in [0, 0.05) is 10.4 Å². The highest BCUT2D eigenvalue weighted by Crippen LogP contribution is 2.44. The molecule has 0 aliphatic rings. The zero-order chi connectivity index (χ0) is 24.0. The molecule has 0 spiro atoms. The Morgan fingerprint density at radius 3 is 1.46 bits per heavy atom. The second-order valence-corrected chi connectivity index (χ2v) is 8.67. The Labute approximate surface area is 207 Å². The highest BCUT2D eigenvalue weighted by Gasteiger charge is 2.31. The quantitative estimate of drug-likeness (QED) is 0.188. The van der Waals surface area contributed by atoms with Crippen molar-refractivity contribution in [3.63, 3.8) is 0 Å². The third kappa shape index (κ3) is 4.90. The van der Waals surface area contributed by atoms with Crippen molar-refractivity contribution in [2.45, 2.75) is 0 Å². The van der Waals surface area contributed by atoms with E-state index in [-0.39, 0.29) is 10.4 Å². The van der Waals surface area contributed by atoms with Crippen molar-refractivity contribution in [2.24, 2.45) is 0 Å². The van der Waals surface area contributed by atoms with E-state index >= 15 is 0 Å². The van der Waals surface area contributed by atoms with E-state index in [4.69, 9.17) is 9.47 Å². The summed E-state index contributed by atoms with van der Waals surface area (Å²) in [5.74, 6) is -0.434. The van der Waals surface area contributed by atoms with E-state index in [1.165, 1.54) is 11.3 Å². The molecule has 0 unspecified atom stereocenters. The van der Waals surface area contributed by atoms with Crippen LogP contribution in [0.1, 0.15) is 20.0 Å². The smallest absolute Gasteiger partial charge is 0.354 e. The summed E-state index contributed by atoms with van der Waals surface area (Å²) in [4.78, 5) is 28.0. The van der Waals surface area contributed by atoms with Crippen LogP contribution in [0.3, 0.4) is 0 Å². The third-order valence-electron chi connectivity index (χ3n) is 5.30. The lowest BCUT2D eigenvalue weighted by Crippen LogP contribution is -2.16. The molecule has 0 saturated carbocycles. The highest BCUT2D eigenvalue weighted by atomic mass is 32.1. The van der Waals surface area contributed by atoms with Crippen molar-refractivity contribution in [1.82, 2.24) is 0 Å². The van der Waals surface area contributed by atoms with Crippen LogP contribution >= 0.6 is 11.3 Å². The van der Waals surface area contributed by atoms with Gasteiger partial charge in [0.15, 0.2) is 0 Å². The normalized spacial score (nSPS) is 10.5. The number of carbonyl (C=O) groups is 2. The molecule has 35 heavy (non-hydrogen) atoms. The minimum atomic E-state index is -0.617. The summed E-state index contributed by atoms with van der Waals surface area (Å²) in [6.07, 6.45) is 0. The molecule has 0 radical (unpaired) electrons. The van der Waals surface area contributed by atoms with Crippen LogP contribution in [-0.2, 0) is 0 Å². The second-order valence-electron chi connectivity index (χ2n) is 7.65. The molecule has 0 bridgehead atoms. The van der Waals surface area contributed by atoms with Gasteiger partial charge in [-0.15, -0.1) is 11.3 Å². The first-order valence-corrected chi connectivity index (χ1v) is 11.8. The van der Waals surface area contributed by atoms with Crippen LogP contribution in [0.25, 0.3) is 21.6 Å². The van der Waals surface area contributed by atoms with Crippen LogP contribution in [0.5, 0.6) is 11.5 Å². The van der Waals surface area contributed by atoms with Gasteiger partial charge in [-0.3, -0.25) is 0 Å². The summed E-state index contributed by atoms with van der Waals surface area (Å²) in [5.41, 5.74) is 2.53. The van der Waals surface area contributed by atoms with E-state index < -0.39 is 11.9 Å². The van der Waals surface area contributed by atoms with Gasteiger partial charge >= 0.3 is 11.9 Å². The van der Waals surface area contributed by atoms with Gasteiger partial charge in [-0.2, -0.15) is 0 Å². The summed E-state index contributed by atoms with van der Waals surface area (Å²) < 4.78 is 11.4. The van der Waals surface area contributed by atoms with Crippen molar-refractivity contribution in [2.75, 3.05) is 0 Å². The molecule has 0 aliphatic heterocycles. The van der Waals surface area contributed by atoms with E-state index in [1.807, 2.05) is 72.8 Å². The molecule has 0 amide bonds. The number of carbonyl (C=O) groups excluding carboxylic acids is 2. The summed E-state index contributed by atoms with van der Waals surface area (Å²) in [6, 6.07) is 36.8. The first kappa shape index (κ1) is 22.3. The maximum Gasteiger partial charge on any atom is 0.354 e.